The van der Waals surface area contributed by atoms with Gasteiger partial charge in [-0.3, -0.25) is 19.4 Å². The largest absolute Gasteiger partial charge is 0.395 e. The number of aliphatic hydroxyl groups is 1. The first kappa shape index (κ1) is 18.9. The number of aliphatic hydroxyl groups excluding tert-OH is 1. The van der Waals surface area contributed by atoms with E-state index in [-0.39, 0.29) is 25.0 Å². The molecule has 1 heterocycles. The summed E-state index contributed by atoms with van der Waals surface area (Å²) in [4.78, 5) is 29.5. The fraction of sp³-hybridized carbons (Fsp3) is 0.600. The number of amides is 2. The lowest BCUT2D eigenvalue weighted by atomic mass is 9.93. The molecule has 0 aromatic heterocycles. The lowest BCUT2D eigenvalue weighted by Crippen LogP contribution is -2.60. The van der Waals surface area contributed by atoms with Crippen molar-refractivity contribution in [2.75, 3.05) is 29.9 Å². The quantitative estimate of drug-likeness (QED) is 0.847. The number of hydrogen-bond acceptors (Lipinski definition) is 4. The van der Waals surface area contributed by atoms with Gasteiger partial charge in [-0.1, -0.05) is 31.4 Å². The Labute approximate surface area is 155 Å². The first-order valence-electron chi connectivity index (χ1n) is 9.53. The molecular weight excluding hydrogens is 330 g/mol. The number of hydrogen-bond donors (Lipinski definition) is 2. The molecule has 3 rings (SSSR count). The van der Waals surface area contributed by atoms with Gasteiger partial charge in [0.1, 0.15) is 5.54 Å². The third-order valence-corrected chi connectivity index (χ3v) is 5.57. The van der Waals surface area contributed by atoms with Gasteiger partial charge in [0.2, 0.25) is 11.8 Å². The van der Waals surface area contributed by atoms with E-state index in [0.717, 1.165) is 18.5 Å². The van der Waals surface area contributed by atoms with Crippen molar-refractivity contribution < 1.29 is 14.7 Å². The molecule has 0 atom stereocenters. The monoisotopic (exact) mass is 359 g/mol. The van der Waals surface area contributed by atoms with E-state index in [0.29, 0.717) is 18.3 Å². The van der Waals surface area contributed by atoms with Crippen molar-refractivity contribution in [1.82, 2.24) is 4.90 Å². The second-order valence-electron chi connectivity index (χ2n) is 7.75. The van der Waals surface area contributed by atoms with Crippen LogP contribution in [0.15, 0.2) is 24.3 Å². The van der Waals surface area contributed by atoms with Gasteiger partial charge in [0.15, 0.2) is 0 Å². The summed E-state index contributed by atoms with van der Waals surface area (Å²) in [7, 11) is 0. The van der Waals surface area contributed by atoms with Crippen molar-refractivity contribution in [3.05, 3.63) is 24.3 Å². The highest BCUT2D eigenvalue weighted by Crippen LogP contribution is 2.37. The molecule has 6 heteroatoms. The maximum atomic E-state index is 13.3. The molecule has 6 nitrogen and oxygen atoms in total. The molecule has 2 amide bonds. The van der Waals surface area contributed by atoms with Crippen LogP contribution in [0.5, 0.6) is 0 Å². The number of anilines is 2. The smallest absolute Gasteiger partial charge is 0.250 e. The van der Waals surface area contributed by atoms with Crippen molar-refractivity contribution in [3.63, 3.8) is 0 Å². The predicted octanol–water partition coefficient (Wildman–Crippen LogP) is 2.38. The standard InChI is InChI=1S/C20H29N3O3/c1-20(2)19(26)21-16-10-6-7-11-17(16)23(20)18(25)14-22(12-13-24)15-8-4-3-5-9-15/h6-7,10-11,15,24H,3-5,8-9,12-14H2,1-2H3,(H,21,26). The van der Waals surface area contributed by atoms with Crippen LogP contribution in [0.3, 0.4) is 0 Å². The normalized spacial score (nSPS) is 20.0. The molecule has 0 radical (unpaired) electrons. The second-order valence-corrected chi connectivity index (χ2v) is 7.75. The van der Waals surface area contributed by atoms with Crippen molar-refractivity contribution in [1.29, 1.82) is 0 Å². The maximum Gasteiger partial charge on any atom is 0.250 e. The highest BCUT2D eigenvalue weighted by molar-refractivity contribution is 6.14. The van der Waals surface area contributed by atoms with Crippen molar-refractivity contribution in [2.24, 2.45) is 0 Å². The third-order valence-electron chi connectivity index (χ3n) is 5.57. The Morgan fingerprint density at radius 2 is 1.96 bits per heavy atom. The topological polar surface area (TPSA) is 72.9 Å². The third kappa shape index (κ3) is 3.62. The van der Waals surface area contributed by atoms with E-state index < -0.39 is 5.54 Å². The number of carbonyl (C=O) groups is 2. The number of nitrogens with zero attached hydrogens (tertiary/aromatic N) is 2. The van der Waals surface area contributed by atoms with Gasteiger partial charge in [-0.2, -0.15) is 0 Å². The molecule has 1 aromatic rings. The van der Waals surface area contributed by atoms with Gasteiger partial charge in [0, 0.05) is 12.6 Å². The zero-order valence-electron chi connectivity index (χ0n) is 15.7. The summed E-state index contributed by atoms with van der Waals surface area (Å²) in [6.07, 6.45) is 5.70. The van der Waals surface area contributed by atoms with Gasteiger partial charge in [-0.05, 0) is 38.8 Å². The fourth-order valence-corrected chi connectivity index (χ4v) is 4.11. The van der Waals surface area contributed by atoms with Crippen LogP contribution in [0.4, 0.5) is 11.4 Å². The summed E-state index contributed by atoms with van der Waals surface area (Å²) in [5.41, 5.74) is 0.439. The number of nitrogens with one attached hydrogen (secondary N) is 1. The molecule has 1 aliphatic carbocycles. The Kier molecular flexibility index (Phi) is 5.63. The molecule has 0 unspecified atom stereocenters. The molecule has 0 spiro atoms. The number of para-hydroxylation sites is 2. The van der Waals surface area contributed by atoms with E-state index in [2.05, 4.69) is 10.2 Å². The van der Waals surface area contributed by atoms with Crippen LogP contribution in [0.25, 0.3) is 0 Å². The Bertz CT molecular complexity index is 668. The Morgan fingerprint density at radius 3 is 2.65 bits per heavy atom. The number of rotatable bonds is 5. The highest BCUT2D eigenvalue weighted by Gasteiger charge is 2.44. The number of benzene rings is 1. The zero-order chi connectivity index (χ0) is 18.7. The summed E-state index contributed by atoms with van der Waals surface area (Å²) in [6.45, 7) is 4.28. The Balaban J connectivity index is 1.85. The van der Waals surface area contributed by atoms with Gasteiger partial charge < -0.3 is 10.4 Å². The van der Waals surface area contributed by atoms with E-state index in [4.69, 9.17) is 0 Å². The Morgan fingerprint density at radius 1 is 1.27 bits per heavy atom. The molecule has 26 heavy (non-hydrogen) atoms. The molecule has 2 aliphatic rings. The lowest BCUT2D eigenvalue weighted by molar-refractivity contribution is -0.127. The van der Waals surface area contributed by atoms with E-state index in [1.54, 1.807) is 18.7 Å². The average molecular weight is 359 g/mol. The maximum absolute atomic E-state index is 13.3. The summed E-state index contributed by atoms with van der Waals surface area (Å²) in [6, 6.07) is 7.73. The van der Waals surface area contributed by atoms with E-state index in [1.807, 2.05) is 24.3 Å². The van der Waals surface area contributed by atoms with Gasteiger partial charge >= 0.3 is 0 Å². The SMILES string of the molecule is CC1(C)C(=O)Nc2ccccc2N1C(=O)CN(CCO)C1CCCCC1. The first-order chi connectivity index (χ1) is 12.4. The number of fused-ring (bicyclic) bond motifs is 1. The summed E-state index contributed by atoms with van der Waals surface area (Å²) in [5.74, 6) is -0.285. The molecule has 142 valence electrons. The predicted molar refractivity (Wildman–Crippen MR) is 102 cm³/mol. The van der Waals surface area contributed by atoms with Crippen LogP contribution in [-0.4, -0.2) is 53.1 Å². The average Bonchev–Trinajstić information content (AvgIpc) is 2.63. The van der Waals surface area contributed by atoms with Gasteiger partial charge in [0.05, 0.1) is 24.5 Å². The van der Waals surface area contributed by atoms with E-state index >= 15 is 0 Å². The van der Waals surface area contributed by atoms with Gasteiger partial charge in [-0.15, -0.1) is 0 Å². The minimum Gasteiger partial charge on any atom is -0.395 e. The van der Waals surface area contributed by atoms with Crippen LogP contribution in [-0.2, 0) is 9.59 Å². The van der Waals surface area contributed by atoms with Crippen LogP contribution in [0.1, 0.15) is 46.0 Å². The van der Waals surface area contributed by atoms with Crippen molar-refractivity contribution >= 4 is 23.2 Å². The minimum atomic E-state index is -0.955. The Hall–Kier alpha value is -1.92. The fourth-order valence-electron chi connectivity index (χ4n) is 4.11. The molecule has 0 saturated heterocycles. The highest BCUT2D eigenvalue weighted by atomic mass is 16.3. The summed E-state index contributed by atoms with van der Waals surface area (Å²) >= 11 is 0. The lowest BCUT2D eigenvalue weighted by Gasteiger charge is -2.43. The molecule has 1 aromatic carbocycles. The van der Waals surface area contributed by atoms with Crippen LogP contribution < -0.4 is 10.2 Å². The second kappa shape index (κ2) is 7.76. The van der Waals surface area contributed by atoms with Crippen LogP contribution in [0, 0.1) is 0 Å². The molecule has 1 saturated carbocycles. The molecular formula is C20H29N3O3. The summed E-state index contributed by atoms with van der Waals surface area (Å²) in [5, 5.41) is 12.4. The van der Waals surface area contributed by atoms with E-state index in [9.17, 15) is 14.7 Å². The molecule has 1 aliphatic heterocycles. The first-order valence-corrected chi connectivity index (χ1v) is 9.53. The van der Waals surface area contributed by atoms with Crippen LogP contribution >= 0.6 is 0 Å². The minimum absolute atomic E-state index is 0.0320. The molecule has 1 fully saturated rings. The zero-order valence-corrected chi connectivity index (χ0v) is 15.7. The van der Waals surface area contributed by atoms with Crippen molar-refractivity contribution in [3.8, 4) is 0 Å². The van der Waals surface area contributed by atoms with Crippen LogP contribution in [0.2, 0.25) is 0 Å². The summed E-state index contributed by atoms with van der Waals surface area (Å²) < 4.78 is 0. The molecule has 0 bridgehead atoms. The van der Waals surface area contributed by atoms with E-state index in [1.165, 1.54) is 19.3 Å². The van der Waals surface area contributed by atoms with Crippen molar-refractivity contribution in [2.45, 2.75) is 57.5 Å². The number of carbonyl (C=O) groups excluding carboxylic acids is 2. The van der Waals surface area contributed by atoms with Gasteiger partial charge in [0.25, 0.3) is 0 Å². The molecule has 2 N–H and O–H groups in total. The van der Waals surface area contributed by atoms with Gasteiger partial charge in [-0.25, -0.2) is 0 Å².